The first-order valence-corrected chi connectivity index (χ1v) is 4.78. The van der Waals surface area contributed by atoms with Gasteiger partial charge in [-0.25, -0.2) is 0 Å². The zero-order valence-corrected chi connectivity index (χ0v) is 8.52. The summed E-state index contributed by atoms with van der Waals surface area (Å²) in [6, 6.07) is 0. The molecule has 1 aliphatic rings. The Balaban J connectivity index is 2.30. The van der Waals surface area contributed by atoms with Crippen molar-refractivity contribution in [1.29, 1.82) is 0 Å². The number of nitrogens with two attached hydrogens (primary N) is 1. The van der Waals surface area contributed by atoms with Crippen molar-refractivity contribution >= 4 is 0 Å². The van der Waals surface area contributed by atoms with E-state index in [1.165, 1.54) is 6.42 Å². The molecule has 0 bridgehead atoms. The van der Waals surface area contributed by atoms with Crippen LogP contribution in [0.25, 0.3) is 0 Å². The number of ether oxygens (including phenoxy) is 1. The van der Waals surface area contributed by atoms with Crippen LogP contribution in [0.5, 0.6) is 0 Å². The third-order valence-corrected chi connectivity index (χ3v) is 2.51. The van der Waals surface area contributed by atoms with Crippen LogP contribution in [0, 0.1) is 5.41 Å². The molecule has 0 radical (unpaired) electrons. The maximum absolute atomic E-state index is 6.14. The fourth-order valence-electron chi connectivity index (χ4n) is 1.44. The second kappa shape index (κ2) is 3.35. The molecule has 0 saturated carbocycles. The molecule has 0 amide bonds. The van der Waals surface area contributed by atoms with E-state index >= 15 is 0 Å². The Morgan fingerprint density at radius 1 is 1.42 bits per heavy atom. The molecule has 1 aliphatic heterocycles. The van der Waals surface area contributed by atoms with Gasteiger partial charge in [0.25, 0.3) is 0 Å². The van der Waals surface area contributed by atoms with Gasteiger partial charge in [-0.2, -0.15) is 0 Å². The van der Waals surface area contributed by atoms with Gasteiger partial charge in [0.1, 0.15) is 0 Å². The lowest BCUT2D eigenvalue weighted by molar-refractivity contribution is 0.170. The molecule has 1 fully saturated rings. The Hall–Kier alpha value is -0.0800. The van der Waals surface area contributed by atoms with Crippen molar-refractivity contribution in [3.8, 4) is 0 Å². The minimum atomic E-state index is -0.0206. The lowest BCUT2D eigenvalue weighted by Crippen LogP contribution is -2.40. The van der Waals surface area contributed by atoms with Crippen LogP contribution >= 0.6 is 0 Å². The molecule has 1 atom stereocenters. The summed E-state index contributed by atoms with van der Waals surface area (Å²) in [5.74, 6) is 0. The molecular formula is C10H21NO. The average Bonchev–Trinajstić information content (AvgIpc) is 2.32. The summed E-state index contributed by atoms with van der Waals surface area (Å²) in [7, 11) is 0. The third-order valence-electron chi connectivity index (χ3n) is 2.51. The van der Waals surface area contributed by atoms with E-state index in [-0.39, 0.29) is 5.54 Å². The zero-order valence-electron chi connectivity index (χ0n) is 8.52. The maximum Gasteiger partial charge on any atom is 0.0647 e. The molecule has 1 heterocycles. The van der Waals surface area contributed by atoms with E-state index in [1.54, 1.807) is 0 Å². The van der Waals surface area contributed by atoms with E-state index in [0.29, 0.717) is 5.41 Å². The second-order valence-electron chi connectivity index (χ2n) is 5.23. The molecule has 2 heteroatoms. The zero-order chi connectivity index (χ0) is 9.24. The highest BCUT2D eigenvalue weighted by Crippen LogP contribution is 2.28. The Bertz CT molecular complexity index is 142. The van der Waals surface area contributed by atoms with Crippen molar-refractivity contribution in [3.05, 3.63) is 0 Å². The van der Waals surface area contributed by atoms with Crippen molar-refractivity contribution in [3.63, 3.8) is 0 Å². The molecule has 2 nitrogen and oxygen atoms in total. The van der Waals surface area contributed by atoms with Crippen molar-refractivity contribution in [1.82, 2.24) is 0 Å². The maximum atomic E-state index is 6.14. The van der Waals surface area contributed by atoms with Gasteiger partial charge < -0.3 is 10.5 Å². The number of hydrogen-bond donors (Lipinski definition) is 1. The number of rotatable bonds is 2. The summed E-state index contributed by atoms with van der Waals surface area (Å²) >= 11 is 0. The van der Waals surface area contributed by atoms with Crippen molar-refractivity contribution in [2.75, 3.05) is 13.2 Å². The van der Waals surface area contributed by atoms with Crippen LogP contribution in [0.1, 0.15) is 40.0 Å². The molecule has 72 valence electrons. The summed E-state index contributed by atoms with van der Waals surface area (Å²) < 4.78 is 5.30. The Morgan fingerprint density at radius 2 is 2.08 bits per heavy atom. The first kappa shape index (κ1) is 10.0. The fraction of sp³-hybridized carbons (Fsp3) is 1.00. The molecular weight excluding hydrogens is 150 g/mol. The molecule has 2 N–H and O–H groups in total. The largest absolute Gasteiger partial charge is 0.379 e. The highest BCUT2D eigenvalue weighted by molar-refractivity contribution is 4.88. The highest BCUT2D eigenvalue weighted by Gasteiger charge is 2.31. The summed E-state index contributed by atoms with van der Waals surface area (Å²) in [5.41, 5.74) is 6.52. The Kier molecular flexibility index (Phi) is 2.79. The van der Waals surface area contributed by atoms with Gasteiger partial charge in [-0.3, -0.25) is 0 Å². The summed E-state index contributed by atoms with van der Waals surface area (Å²) in [6.07, 6.45) is 3.31. The monoisotopic (exact) mass is 171 g/mol. The lowest BCUT2D eigenvalue weighted by Gasteiger charge is -2.26. The van der Waals surface area contributed by atoms with E-state index in [2.05, 4.69) is 20.8 Å². The lowest BCUT2D eigenvalue weighted by atomic mass is 9.83. The summed E-state index contributed by atoms with van der Waals surface area (Å²) in [6.45, 7) is 8.37. The van der Waals surface area contributed by atoms with Crippen molar-refractivity contribution in [2.45, 2.75) is 45.6 Å². The second-order valence-corrected chi connectivity index (χ2v) is 5.23. The Morgan fingerprint density at radius 3 is 2.50 bits per heavy atom. The first-order valence-electron chi connectivity index (χ1n) is 4.78. The molecule has 0 aliphatic carbocycles. The summed E-state index contributed by atoms with van der Waals surface area (Å²) in [4.78, 5) is 0. The topological polar surface area (TPSA) is 35.2 Å². The molecule has 1 rings (SSSR count). The van der Waals surface area contributed by atoms with E-state index in [0.717, 1.165) is 26.1 Å². The first-order chi connectivity index (χ1) is 5.41. The molecule has 1 saturated heterocycles. The van der Waals surface area contributed by atoms with Crippen LogP contribution in [0.15, 0.2) is 0 Å². The molecule has 1 unspecified atom stereocenters. The van der Waals surface area contributed by atoms with Crippen LogP contribution in [-0.2, 0) is 4.74 Å². The quantitative estimate of drug-likeness (QED) is 0.689. The smallest absolute Gasteiger partial charge is 0.0647 e. The fourth-order valence-corrected chi connectivity index (χ4v) is 1.44. The van der Waals surface area contributed by atoms with E-state index in [4.69, 9.17) is 10.5 Å². The highest BCUT2D eigenvalue weighted by atomic mass is 16.5. The SMILES string of the molecule is CC(C)(C)CCC1(N)CCOC1. The van der Waals surface area contributed by atoms with Crippen LogP contribution < -0.4 is 5.73 Å². The van der Waals surface area contributed by atoms with Gasteiger partial charge in [0.2, 0.25) is 0 Å². The van der Waals surface area contributed by atoms with E-state index < -0.39 is 0 Å². The van der Waals surface area contributed by atoms with Crippen LogP contribution in [0.2, 0.25) is 0 Å². The normalized spacial score (nSPS) is 31.0. The third kappa shape index (κ3) is 3.11. The average molecular weight is 171 g/mol. The van der Waals surface area contributed by atoms with Crippen LogP contribution in [0.4, 0.5) is 0 Å². The minimum Gasteiger partial charge on any atom is -0.379 e. The van der Waals surface area contributed by atoms with E-state index in [1.807, 2.05) is 0 Å². The van der Waals surface area contributed by atoms with Gasteiger partial charge in [-0.1, -0.05) is 20.8 Å². The molecule has 0 aromatic heterocycles. The van der Waals surface area contributed by atoms with Crippen molar-refractivity contribution in [2.24, 2.45) is 11.1 Å². The van der Waals surface area contributed by atoms with Gasteiger partial charge in [-0.15, -0.1) is 0 Å². The standard InChI is InChI=1S/C10H21NO/c1-9(2,3)4-5-10(11)6-7-12-8-10/h4-8,11H2,1-3H3. The predicted molar refractivity (Wildman–Crippen MR) is 51.0 cm³/mol. The molecule has 0 spiro atoms. The van der Waals surface area contributed by atoms with Gasteiger partial charge in [0, 0.05) is 12.1 Å². The van der Waals surface area contributed by atoms with Crippen LogP contribution in [0.3, 0.4) is 0 Å². The minimum absolute atomic E-state index is 0.0206. The number of hydrogen-bond acceptors (Lipinski definition) is 2. The molecule has 12 heavy (non-hydrogen) atoms. The predicted octanol–water partition coefficient (Wildman–Crippen LogP) is 1.93. The van der Waals surface area contributed by atoms with Crippen LogP contribution in [-0.4, -0.2) is 18.8 Å². The van der Waals surface area contributed by atoms with Gasteiger partial charge in [0.15, 0.2) is 0 Å². The van der Waals surface area contributed by atoms with Gasteiger partial charge in [0.05, 0.1) is 6.61 Å². The van der Waals surface area contributed by atoms with Crippen molar-refractivity contribution < 1.29 is 4.74 Å². The molecule has 0 aromatic carbocycles. The molecule has 0 aromatic rings. The van der Waals surface area contributed by atoms with Gasteiger partial charge >= 0.3 is 0 Å². The summed E-state index contributed by atoms with van der Waals surface area (Å²) in [5, 5.41) is 0. The van der Waals surface area contributed by atoms with Gasteiger partial charge in [-0.05, 0) is 24.7 Å². The Labute approximate surface area is 75.5 Å². The van der Waals surface area contributed by atoms with E-state index in [9.17, 15) is 0 Å².